The first-order valence-electron chi connectivity index (χ1n) is 4.68. The van der Waals surface area contributed by atoms with Crippen molar-refractivity contribution in [2.24, 2.45) is 0 Å². The van der Waals surface area contributed by atoms with Crippen molar-refractivity contribution in [3.63, 3.8) is 0 Å². The highest BCUT2D eigenvalue weighted by molar-refractivity contribution is 5.67. The summed E-state index contributed by atoms with van der Waals surface area (Å²) < 4.78 is 5.33. The molecule has 2 heterocycles. The van der Waals surface area contributed by atoms with Crippen molar-refractivity contribution in [1.29, 1.82) is 0 Å². The van der Waals surface area contributed by atoms with Gasteiger partial charge in [0.1, 0.15) is 5.52 Å². The van der Waals surface area contributed by atoms with Gasteiger partial charge in [0.15, 0.2) is 5.89 Å². The van der Waals surface area contributed by atoms with E-state index in [9.17, 15) is 4.79 Å². The Bertz CT molecular complexity index is 445. The fourth-order valence-corrected chi connectivity index (χ4v) is 1.31. The molecule has 0 aliphatic heterocycles. The average molecular weight is 206 g/mol. The number of carbonyl (C=O) groups is 1. The molecule has 0 atom stereocenters. The molecule has 0 unspecified atom stereocenters. The molecule has 2 aromatic rings. The monoisotopic (exact) mass is 206 g/mol. The molecule has 2 aromatic heterocycles. The van der Waals surface area contributed by atoms with Gasteiger partial charge in [0.05, 0.1) is 0 Å². The van der Waals surface area contributed by atoms with Crippen molar-refractivity contribution >= 4 is 17.2 Å². The molecule has 2 rings (SSSR count). The van der Waals surface area contributed by atoms with E-state index in [0.29, 0.717) is 30.0 Å². The summed E-state index contributed by atoms with van der Waals surface area (Å²) in [6, 6.07) is 3.60. The smallest absolute Gasteiger partial charge is 0.303 e. The standard InChI is InChI=1S/C10H10N2O3/c13-9(14)5-1-4-8-12-7-3-2-6-11-10(7)15-8/h2-3,6H,1,4-5H2,(H,13,14). The highest BCUT2D eigenvalue weighted by Gasteiger charge is 2.06. The number of aliphatic carboxylic acids is 1. The van der Waals surface area contributed by atoms with Gasteiger partial charge < -0.3 is 9.52 Å². The minimum absolute atomic E-state index is 0.131. The Labute approximate surface area is 85.8 Å². The Balaban J connectivity index is 2.05. The number of nitrogens with zero attached hydrogens (tertiary/aromatic N) is 2. The molecular formula is C10H10N2O3. The first-order chi connectivity index (χ1) is 7.25. The lowest BCUT2D eigenvalue weighted by molar-refractivity contribution is -0.137. The third-order valence-corrected chi connectivity index (χ3v) is 1.99. The second-order valence-electron chi connectivity index (χ2n) is 3.18. The molecule has 0 fully saturated rings. The first kappa shape index (κ1) is 9.64. The van der Waals surface area contributed by atoms with Crippen LogP contribution >= 0.6 is 0 Å². The number of carboxylic acid groups (broad SMARTS) is 1. The van der Waals surface area contributed by atoms with Crippen molar-refractivity contribution in [2.45, 2.75) is 19.3 Å². The molecule has 1 N–H and O–H groups in total. The molecule has 0 saturated heterocycles. The maximum Gasteiger partial charge on any atom is 0.303 e. The van der Waals surface area contributed by atoms with Gasteiger partial charge in [-0.2, -0.15) is 0 Å². The fraction of sp³-hybridized carbons (Fsp3) is 0.300. The first-order valence-corrected chi connectivity index (χ1v) is 4.68. The minimum Gasteiger partial charge on any atom is -0.481 e. The third-order valence-electron chi connectivity index (χ3n) is 1.99. The Hall–Kier alpha value is -1.91. The molecule has 0 bridgehead atoms. The Morgan fingerprint density at radius 1 is 1.53 bits per heavy atom. The van der Waals surface area contributed by atoms with Gasteiger partial charge in [-0.05, 0) is 18.6 Å². The zero-order chi connectivity index (χ0) is 10.7. The van der Waals surface area contributed by atoms with Crippen molar-refractivity contribution < 1.29 is 14.3 Å². The van der Waals surface area contributed by atoms with Crippen LogP contribution in [0.1, 0.15) is 18.7 Å². The number of aryl methyl sites for hydroxylation is 1. The summed E-state index contributed by atoms with van der Waals surface area (Å²) in [6.45, 7) is 0. The molecule has 15 heavy (non-hydrogen) atoms. The van der Waals surface area contributed by atoms with E-state index in [1.165, 1.54) is 0 Å². The normalized spacial score (nSPS) is 10.7. The molecule has 0 aromatic carbocycles. The summed E-state index contributed by atoms with van der Waals surface area (Å²) >= 11 is 0. The topological polar surface area (TPSA) is 76.2 Å². The third kappa shape index (κ3) is 2.31. The number of rotatable bonds is 4. The van der Waals surface area contributed by atoms with Crippen LogP contribution < -0.4 is 0 Å². The van der Waals surface area contributed by atoms with Crippen LogP contribution in [0.15, 0.2) is 22.7 Å². The SMILES string of the molecule is O=C(O)CCCc1nc2cccnc2o1. The Morgan fingerprint density at radius 3 is 3.13 bits per heavy atom. The molecule has 0 amide bonds. The molecule has 78 valence electrons. The van der Waals surface area contributed by atoms with Crippen molar-refractivity contribution in [2.75, 3.05) is 0 Å². The van der Waals surface area contributed by atoms with Gasteiger partial charge in [-0.3, -0.25) is 4.79 Å². The van der Waals surface area contributed by atoms with Crippen LogP contribution in [-0.4, -0.2) is 21.0 Å². The van der Waals surface area contributed by atoms with Crippen molar-refractivity contribution in [1.82, 2.24) is 9.97 Å². The van der Waals surface area contributed by atoms with E-state index in [1.807, 2.05) is 6.07 Å². The van der Waals surface area contributed by atoms with Gasteiger partial charge in [-0.15, -0.1) is 0 Å². The number of carboxylic acids is 1. The van der Waals surface area contributed by atoms with Gasteiger partial charge in [0.25, 0.3) is 0 Å². The molecule has 0 aliphatic carbocycles. The predicted molar refractivity (Wildman–Crippen MR) is 52.4 cm³/mol. The van der Waals surface area contributed by atoms with Gasteiger partial charge in [-0.25, -0.2) is 9.97 Å². The van der Waals surface area contributed by atoms with Crippen LogP contribution in [0.4, 0.5) is 0 Å². The number of fused-ring (bicyclic) bond motifs is 1. The molecule has 0 spiro atoms. The average Bonchev–Trinajstić information content (AvgIpc) is 2.59. The lowest BCUT2D eigenvalue weighted by Gasteiger charge is -1.91. The molecule has 5 heteroatoms. The maximum atomic E-state index is 10.3. The van der Waals surface area contributed by atoms with Crippen LogP contribution in [0, 0.1) is 0 Å². The van der Waals surface area contributed by atoms with Gasteiger partial charge in [0.2, 0.25) is 5.71 Å². The summed E-state index contributed by atoms with van der Waals surface area (Å²) in [5.41, 5.74) is 1.21. The maximum absolute atomic E-state index is 10.3. The van der Waals surface area contributed by atoms with Crippen LogP contribution in [0.2, 0.25) is 0 Å². The van der Waals surface area contributed by atoms with E-state index in [2.05, 4.69) is 9.97 Å². The van der Waals surface area contributed by atoms with Crippen LogP contribution in [0.25, 0.3) is 11.2 Å². The highest BCUT2D eigenvalue weighted by Crippen LogP contribution is 2.13. The summed E-state index contributed by atoms with van der Waals surface area (Å²) in [5, 5.41) is 8.47. The second-order valence-corrected chi connectivity index (χ2v) is 3.18. The molecule has 5 nitrogen and oxygen atoms in total. The van der Waals surface area contributed by atoms with E-state index in [1.54, 1.807) is 12.3 Å². The summed E-state index contributed by atoms with van der Waals surface area (Å²) in [4.78, 5) is 18.5. The van der Waals surface area contributed by atoms with E-state index in [4.69, 9.17) is 9.52 Å². The number of aromatic nitrogens is 2. The summed E-state index contributed by atoms with van der Waals surface area (Å²) in [6.07, 6.45) is 2.82. The molecule has 0 aliphatic rings. The largest absolute Gasteiger partial charge is 0.481 e. The van der Waals surface area contributed by atoms with Crippen LogP contribution in [0.3, 0.4) is 0 Å². The molecular weight excluding hydrogens is 196 g/mol. The number of hydrogen-bond acceptors (Lipinski definition) is 4. The van der Waals surface area contributed by atoms with E-state index in [0.717, 1.165) is 0 Å². The Morgan fingerprint density at radius 2 is 2.40 bits per heavy atom. The highest BCUT2D eigenvalue weighted by atomic mass is 16.4. The number of hydrogen-bond donors (Lipinski definition) is 1. The van der Waals surface area contributed by atoms with Gasteiger partial charge >= 0.3 is 5.97 Å². The molecule has 0 radical (unpaired) electrons. The lowest BCUT2D eigenvalue weighted by Crippen LogP contribution is -1.95. The minimum atomic E-state index is -0.802. The lowest BCUT2D eigenvalue weighted by atomic mass is 10.2. The number of pyridine rings is 1. The quantitative estimate of drug-likeness (QED) is 0.822. The zero-order valence-corrected chi connectivity index (χ0v) is 8.01. The van der Waals surface area contributed by atoms with Crippen molar-refractivity contribution in [3.8, 4) is 0 Å². The Kier molecular flexibility index (Phi) is 2.62. The summed E-state index contributed by atoms with van der Waals surface area (Å²) in [5.74, 6) is -0.255. The summed E-state index contributed by atoms with van der Waals surface area (Å²) in [7, 11) is 0. The predicted octanol–water partition coefficient (Wildman–Crippen LogP) is 1.63. The zero-order valence-electron chi connectivity index (χ0n) is 8.01. The van der Waals surface area contributed by atoms with E-state index < -0.39 is 5.97 Å². The fourth-order valence-electron chi connectivity index (χ4n) is 1.31. The van der Waals surface area contributed by atoms with Crippen molar-refractivity contribution in [3.05, 3.63) is 24.2 Å². The van der Waals surface area contributed by atoms with Crippen LogP contribution in [0.5, 0.6) is 0 Å². The van der Waals surface area contributed by atoms with Gasteiger partial charge in [0, 0.05) is 19.0 Å². The van der Waals surface area contributed by atoms with E-state index >= 15 is 0 Å². The second kappa shape index (κ2) is 4.08. The number of oxazole rings is 1. The molecule has 0 saturated carbocycles. The van der Waals surface area contributed by atoms with E-state index in [-0.39, 0.29) is 6.42 Å². The van der Waals surface area contributed by atoms with Crippen LogP contribution in [-0.2, 0) is 11.2 Å². The van der Waals surface area contributed by atoms with Gasteiger partial charge in [-0.1, -0.05) is 0 Å².